The van der Waals surface area contributed by atoms with Gasteiger partial charge in [0.25, 0.3) is 0 Å². The predicted octanol–water partition coefficient (Wildman–Crippen LogP) is 4.97. The second kappa shape index (κ2) is 9.50. The standard InChI is InChI=1S/C28H29N3O4/c1-18-14-24(19(2)30(18)16-23-10-7-13-34-23)27(32)17-35-28(33)21-11-12-26-25(15-21)29-20(3)31(26)22-8-5-4-6-9-22/h4-6,8-9,11-12,14-15,23H,7,10,13,16-17H2,1-3H3/t23-/m1/s1. The van der Waals surface area contributed by atoms with Crippen molar-refractivity contribution in [1.29, 1.82) is 0 Å². The van der Waals surface area contributed by atoms with Crippen molar-refractivity contribution in [3.8, 4) is 5.69 Å². The number of nitrogens with zero attached hydrogens (tertiary/aromatic N) is 3. The summed E-state index contributed by atoms with van der Waals surface area (Å²) < 4.78 is 15.3. The lowest BCUT2D eigenvalue weighted by Crippen LogP contribution is -2.18. The summed E-state index contributed by atoms with van der Waals surface area (Å²) in [4.78, 5) is 30.2. The molecule has 1 saturated heterocycles. The van der Waals surface area contributed by atoms with Crippen molar-refractivity contribution in [2.24, 2.45) is 0 Å². The highest BCUT2D eigenvalue weighted by atomic mass is 16.5. The van der Waals surface area contributed by atoms with Crippen molar-refractivity contribution in [3.63, 3.8) is 0 Å². The highest BCUT2D eigenvalue weighted by Crippen LogP contribution is 2.23. The zero-order chi connectivity index (χ0) is 24.5. The molecule has 3 heterocycles. The Bertz CT molecular complexity index is 1390. The monoisotopic (exact) mass is 471 g/mol. The molecule has 0 spiro atoms. The quantitative estimate of drug-likeness (QED) is 0.281. The van der Waals surface area contributed by atoms with Gasteiger partial charge in [0.15, 0.2) is 6.61 Å². The molecular formula is C28H29N3O4. The normalized spacial score (nSPS) is 15.6. The smallest absolute Gasteiger partial charge is 0.338 e. The van der Waals surface area contributed by atoms with E-state index in [4.69, 9.17) is 9.47 Å². The van der Waals surface area contributed by atoms with Crippen molar-refractivity contribution in [1.82, 2.24) is 14.1 Å². The molecule has 0 amide bonds. The van der Waals surface area contributed by atoms with Crippen LogP contribution in [0.25, 0.3) is 16.7 Å². The second-order valence-corrected chi connectivity index (χ2v) is 9.06. The third kappa shape index (κ3) is 4.51. The number of ether oxygens (including phenoxy) is 2. The van der Waals surface area contributed by atoms with Crippen LogP contribution in [0, 0.1) is 20.8 Å². The van der Waals surface area contributed by atoms with Gasteiger partial charge in [0.05, 0.1) is 22.7 Å². The van der Waals surface area contributed by atoms with Crippen molar-refractivity contribution >= 4 is 22.8 Å². The molecule has 1 atom stereocenters. The van der Waals surface area contributed by atoms with Crippen LogP contribution in [-0.2, 0) is 16.0 Å². The molecule has 7 nitrogen and oxygen atoms in total. The Labute approximate surface area is 204 Å². The Kier molecular flexibility index (Phi) is 6.26. The van der Waals surface area contributed by atoms with Gasteiger partial charge >= 0.3 is 5.97 Å². The van der Waals surface area contributed by atoms with Crippen molar-refractivity contribution < 1.29 is 19.1 Å². The number of aromatic nitrogens is 3. The van der Waals surface area contributed by atoms with E-state index < -0.39 is 5.97 Å². The maximum absolute atomic E-state index is 12.9. The molecule has 0 bridgehead atoms. The first-order valence-electron chi connectivity index (χ1n) is 12.0. The number of carbonyl (C=O) groups is 2. The van der Waals surface area contributed by atoms with Crippen LogP contribution in [0.2, 0.25) is 0 Å². The Morgan fingerprint density at radius 3 is 2.63 bits per heavy atom. The van der Waals surface area contributed by atoms with Gasteiger partial charge < -0.3 is 14.0 Å². The van der Waals surface area contributed by atoms with Gasteiger partial charge in [-0.05, 0) is 70.0 Å². The fourth-order valence-electron chi connectivity index (χ4n) is 4.88. The van der Waals surface area contributed by atoms with Gasteiger partial charge in [-0.25, -0.2) is 9.78 Å². The minimum Gasteiger partial charge on any atom is -0.454 e. The lowest BCUT2D eigenvalue weighted by Gasteiger charge is -2.14. The SMILES string of the molecule is Cc1cc(C(=O)COC(=O)c2ccc3c(c2)nc(C)n3-c2ccccc2)c(C)n1C[C@H]1CCCO1. The van der Waals surface area contributed by atoms with E-state index in [1.165, 1.54) is 0 Å². The van der Waals surface area contributed by atoms with E-state index in [9.17, 15) is 9.59 Å². The van der Waals surface area contributed by atoms with Crippen LogP contribution in [0.15, 0.2) is 54.6 Å². The van der Waals surface area contributed by atoms with Crippen LogP contribution < -0.4 is 0 Å². The van der Waals surface area contributed by atoms with E-state index >= 15 is 0 Å². The summed E-state index contributed by atoms with van der Waals surface area (Å²) in [5.41, 5.74) is 5.44. The van der Waals surface area contributed by atoms with Gasteiger partial charge in [-0.1, -0.05) is 18.2 Å². The molecule has 0 radical (unpaired) electrons. The Morgan fingerprint density at radius 1 is 1.09 bits per heavy atom. The number of fused-ring (bicyclic) bond motifs is 1. The van der Waals surface area contributed by atoms with Gasteiger partial charge in [-0.3, -0.25) is 9.36 Å². The number of hydrogen-bond acceptors (Lipinski definition) is 5. The fraction of sp³-hybridized carbons (Fsp3) is 0.321. The largest absolute Gasteiger partial charge is 0.454 e. The van der Waals surface area contributed by atoms with E-state index in [1.807, 2.05) is 67.8 Å². The molecule has 4 aromatic rings. The zero-order valence-electron chi connectivity index (χ0n) is 20.3. The van der Waals surface area contributed by atoms with Gasteiger partial charge in [-0.15, -0.1) is 0 Å². The van der Waals surface area contributed by atoms with E-state index in [-0.39, 0.29) is 18.5 Å². The van der Waals surface area contributed by atoms with Gasteiger partial charge in [-0.2, -0.15) is 0 Å². The molecule has 1 aliphatic rings. The van der Waals surface area contributed by atoms with Crippen molar-refractivity contribution in [2.75, 3.05) is 13.2 Å². The predicted molar refractivity (Wildman–Crippen MR) is 133 cm³/mol. The highest BCUT2D eigenvalue weighted by Gasteiger charge is 2.22. The number of benzene rings is 2. The summed E-state index contributed by atoms with van der Waals surface area (Å²) in [5, 5.41) is 0. The Balaban J connectivity index is 1.29. The van der Waals surface area contributed by atoms with Crippen LogP contribution in [0.1, 0.15) is 50.8 Å². The first-order valence-corrected chi connectivity index (χ1v) is 12.0. The zero-order valence-corrected chi connectivity index (χ0v) is 20.3. The average molecular weight is 472 g/mol. The molecule has 0 N–H and O–H groups in total. The third-order valence-electron chi connectivity index (χ3n) is 6.69. The Hall–Kier alpha value is -3.71. The summed E-state index contributed by atoms with van der Waals surface area (Å²) in [5.74, 6) is 0.0703. The molecule has 5 rings (SSSR count). The molecule has 0 aliphatic carbocycles. The minimum atomic E-state index is -0.541. The maximum atomic E-state index is 12.9. The molecule has 1 fully saturated rings. The van der Waals surface area contributed by atoms with Crippen LogP contribution in [-0.4, -0.2) is 45.2 Å². The second-order valence-electron chi connectivity index (χ2n) is 9.06. The number of rotatable bonds is 7. The number of carbonyl (C=O) groups excluding carboxylic acids is 2. The number of ketones is 1. The third-order valence-corrected chi connectivity index (χ3v) is 6.69. The maximum Gasteiger partial charge on any atom is 0.338 e. The molecule has 0 unspecified atom stereocenters. The van der Waals surface area contributed by atoms with E-state index in [2.05, 4.69) is 9.55 Å². The van der Waals surface area contributed by atoms with Crippen LogP contribution in [0.4, 0.5) is 0 Å². The van der Waals surface area contributed by atoms with Crippen LogP contribution in [0.3, 0.4) is 0 Å². The fourth-order valence-corrected chi connectivity index (χ4v) is 4.88. The minimum absolute atomic E-state index is 0.185. The number of esters is 1. The molecule has 0 saturated carbocycles. The molecular weight excluding hydrogens is 442 g/mol. The number of imidazole rings is 1. The summed E-state index contributed by atoms with van der Waals surface area (Å²) in [6, 6.07) is 17.1. The number of para-hydroxylation sites is 1. The lowest BCUT2D eigenvalue weighted by molar-refractivity contribution is 0.0474. The lowest BCUT2D eigenvalue weighted by atomic mass is 10.1. The summed E-state index contributed by atoms with van der Waals surface area (Å²) in [6.45, 7) is 7.06. The topological polar surface area (TPSA) is 75.4 Å². The van der Waals surface area contributed by atoms with Crippen molar-refractivity contribution in [2.45, 2.75) is 46.3 Å². The number of hydrogen-bond donors (Lipinski definition) is 0. The highest BCUT2D eigenvalue weighted by molar-refractivity contribution is 6.01. The van der Waals surface area contributed by atoms with Gasteiger partial charge in [0.1, 0.15) is 5.82 Å². The van der Waals surface area contributed by atoms with E-state index in [0.717, 1.165) is 54.4 Å². The molecule has 2 aromatic heterocycles. The molecule has 1 aliphatic heterocycles. The summed E-state index contributed by atoms with van der Waals surface area (Å²) >= 11 is 0. The summed E-state index contributed by atoms with van der Waals surface area (Å²) in [6.07, 6.45) is 2.29. The molecule has 2 aromatic carbocycles. The average Bonchev–Trinajstić information content (AvgIpc) is 3.56. The van der Waals surface area contributed by atoms with E-state index in [0.29, 0.717) is 16.6 Å². The number of Topliss-reactive ketones (excluding diaryl/α,β-unsaturated/α-hetero) is 1. The molecule has 7 heteroatoms. The first-order chi connectivity index (χ1) is 16.9. The van der Waals surface area contributed by atoms with E-state index in [1.54, 1.807) is 12.1 Å². The van der Waals surface area contributed by atoms with Crippen molar-refractivity contribution in [3.05, 3.63) is 82.9 Å². The first kappa shape index (κ1) is 23.1. The van der Waals surface area contributed by atoms with Crippen LogP contribution >= 0.6 is 0 Å². The number of aryl methyl sites for hydroxylation is 2. The van der Waals surface area contributed by atoms with Gasteiger partial charge in [0.2, 0.25) is 5.78 Å². The van der Waals surface area contributed by atoms with Crippen LogP contribution in [0.5, 0.6) is 0 Å². The Morgan fingerprint density at radius 2 is 1.89 bits per heavy atom. The van der Waals surface area contributed by atoms with Gasteiger partial charge in [0, 0.05) is 35.8 Å². The molecule has 35 heavy (non-hydrogen) atoms. The summed E-state index contributed by atoms with van der Waals surface area (Å²) in [7, 11) is 0. The molecule has 180 valence electrons.